The Balaban J connectivity index is 2.66. The molecule has 6 nitrogen and oxygen atoms in total. The molecule has 1 aliphatic rings. The number of hydrogen-bond acceptors (Lipinski definition) is 6. The molecule has 0 saturated carbocycles. The number of fused-ring (bicyclic) bond motifs is 1. The minimum Gasteiger partial charge on any atom is -0.508 e. The van der Waals surface area contributed by atoms with Gasteiger partial charge in [-0.1, -0.05) is 6.07 Å². The van der Waals surface area contributed by atoms with E-state index in [4.69, 9.17) is 9.05 Å². The summed E-state index contributed by atoms with van der Waals surface area (Å²) >= 11 is 0. The fourth-order valence-corrected chi connectivity index (χ4v) is 10.4. The van der Waals surface area contributed by atoms with E-state index in [1.165, 1.54) is 12.5 Å². The van der Waals surface area contributed by atoms with Crippen LogP contribution in [0.2, 0.25) is 0 Å². The lowest BCUT2D eigenvalue weighted by Gasteiger charge is -2.32. The van der Waals surface area contributed by atoms with Crippen LogP contribution in [0.3, 0.4) is 0 Å². The predicted octanol–water partition coefficient (Wildman–Crippen LogP) is 3.66. The zero-order valence-corrected chi connectivity index (χ0v) is 18.8. The quantitative estimate of drug-likeness (QED) is 0.594. The molecule has 0 aromatic heterocycles. The van der Waals surface area contributed by atoms with E-state index >= 15 is 0 Å². The summed E-state index contributed by atoms with van der Waals surface area (Å²) < 4.78 is 49.9. The van der Waals surface area contributed by atoms with Crippen molar-refractivity contribution >= 4 is 29.2 Å². The molecule has 1 N–H and O–H groups in total. The van der Waals surface area contributed by atoms with Crippen LogP contribution in [0.4, 0.5) is 0 Å². The number of aromatic hydroxyl groups is 1. The highest BCUT2D eigenvalue weighted by molar-refractivity contribution is 7.95. The first-order valence-electron chi connectivity index (χ1n) is 9.13. The molecule has 1 aromatic rings. The molecule has 27 heavy (non-hydrogen) atoms. The van der Waals surface area contributed by atoms with Gasteiger partial charge in [-0.3, -0.25) is 13.0 Å². The normalized spacial score (nSPS) is 19.1. The summed E-state index contributed by atoms with van der Waals surface area (Å²) in [7, 11) is -6.84. The lowest BCUT2D eigenvalue weighted by Crippen LogP contribution is -2.30. The van der Waals surface area contributed by atoms with Crippen LogP contribution in [-0.2, 0) is 48.1 Å². The van der Waals surface area contributed by atoms with Crippen LogP contribution in [0.5, 0.6) is 5.75 Å². The van der Waals surface area contributed by atoms with Crippen molar-refractivity contribution in [3.63, 3.8) is 0 Å². The van der Waals surface area contributed by atoms with Gasteiger partial charge in [-0.05, 0) is 62.3 Å². The molecular formula is C18H29O6PS2. The molecule has 0 radical (unpaired) electrons. The van der Waals surface area contributed by atoms with E-state index in [9.17, 15) is 18.1 Å². The van der Waals surface area contributed by atoms with Gasteiger partial charge in [-0.15, -0.1) is 0 Å². The van der Waals surface area contributed by atoms with Gasteiger partial charge in [0.2, 0.25) is 0 Å². The summed E-state index contributed by atoms with van der Waals surface area (Å²) in [6.07, 6.45) is 6.39. The monoisotopic (exact) mass is 436 g/mol. The second kappa shape index (κ2) is 9.79. The highest BCUT2D eigenvalue weighted by Crippen LogP contribution is 2.59. The molecule has 0 bridgehead atoms. The fourth-order valence-electron chi connectivity index (χ4n) is 3.71. The molecule has 9 heteroatoms. The minimum absolute atomic E-state index is 0.141. The molecule has 0 spiro atoms. The summed E-state index contributed by atoms with van der Waals surface area (Å²) in [6, 6.07) is 3.30. The van der Waals surface area contributed by atoms with Gasteiger partial charge in [-0.2, -0.15) is 0 Å². The van der Waals surface area contributed by atoms with Gasteiger partial charge in [0.15, 0.2) is 4.99 Å². The van der Waals surface area contributed by atoms with Crippen LogP contribution in [0.15, 0.2) is 12.1 Å². The van der Waals surface area contributed by atoms with Crippen molar-refractivity contribution in [1.82, 2.24) is 0 Å². The van der Waals surface area contributed by atoms with Crippen LogP contribution < -0.4 is 0 Å². The van der Waals surface area contributed by atoms with E-state index in [1.807, 2.05) is 0 Å². The molecule has 0 amide bonds. The van der Waals surface area contributed by atoms with Gasteiger partial charge < -0.3 is 14.2 Å². The summed E-state index contributed by atoms with van der Waals surface area (Å²) in [5, 5.41) is 9.47. The average molecular weight is 437 g/mol. The maximum atomic E-state index is 13.5. The second-order valence-corrected chi connectivity index (χ2v) is 12.0. The Kier molecular flexibility index (Phi) is 8.25. The minimum atomic E-state index is -3.76. The summed E-state index contributed by atoms with van der Waals surface area (Å²) in [5.41, 5.74) is 2.50. The van der Waals surface area contributed by atoms with Gasteiger partial charge in [-0.25, -0.2) is 0 Å². The molecule has 0 heterocycles. The van der Waals surface area contributed by atoms with E-state index in [0.717, 1.165) is 42.4 Å². The molecule has 1 aromatic carbocycles. The van der Waals surface area contributed by atoms with Crippen LogP contribution in [0.1, 0.15) is 48.6 Å². The molecule has 0 aliphatic heterocycles. The Labute approximate surface area is 166 Å². The number of phenols is 1. The Morgan fingerprint density at radius 2 is 1.59 bits per heavy atom. The highest BCUT2D eigenvalue weighted by atomic mass is 32.2. The topological polar surface area (TPSA) is 89.9 Å². The van der Waals surface area contributed by atoms with Crippen molar-refractivity contribution in [3.05, 3.63) is 28.8 Å². The molecule has 1 aliphatic carbocycles. The van der Waals surface area contributed by atoms with Gasteiger partial charge in [0.1, 0.15) is 5.75 Å². The van der Waals surface area contributed by atoms with E-state index < -0.39 is 39.4 Å². The molecule has 4 atom stereocenters. The van der Waals surface area contributed by atoms with Crippen molar-refractivity contribution in [3.8, 4) is 5.75 Å². The molecule has 0 saturated heterocycles. The van der Waals surface area contributed by atoms with Crippen LogP contribution in [0, 0.1) is 0 Å². The van der Waals surface area contributed by atoms with Gasteiger partial charge in [0, 0.05) is 34.1 Å². The van der Waals surface area contributed by atoms with Gasteiger partial charge in [0.05, 0.1) is 18.5 Å². The lowest BCUT2D eigenvalue weighted by atomic mass is 9.86. The summed E-state index contributed by atoms with van der Waals surface area (Å²) in [6.45, 7) is 3.67. The maximum absolute atomic E-state index is 13.5. The molecular weight excluding hydrogens is 407 g/mol. The zero-order valence-electron chi connectivity index (χ0n) is 16.3. The van der Waals surface area contributed by atoms with Crippen LogP contribution >= 0.6 is 7.60 Å². The standard InChI is InChI=1S/C18H29O6PS2/c1-5-23-25(20,24-6-2)18(27(4)22)17(26(3)21)15-11-12-16(19)14-10-8-7-9-13(14)15/h11-12,17-19H,5-10H2,1-4H3. The van der Waals surface area contributed by atoms with Crippen molar-refractivity contribution in [2.45, 2.75) is 49.8 Å². The number of rotatable bonds is 9. The second-order valence-electron chi connectivity index (χ2n) is 6.52. The maximum Gasteiger partial charge on any atom is 0.347 e. The Morgan fingerprint density at radius 1 is 1.04 bits per heavy atom. The third-order valence-corrected chi connectivity index (χ3v) is 11.1. The van der Waals surface area contributed by atoms with Gasteiger partial charge in [0.25, 0.3) is 0 Å². The molecule has 2 rings (SSSR count). The van der Waals surface area contributed by atoms with Crippen LogP contribution in [0.25, 0.3) is 0 Å². The highest BCUT2D eigenvalue weighted by Gasteiger charge is 2.47. The average Bonchev–Trinajstić information content (AvgIpc) is 2.60. The third-order valence-electron chi connectivity index (χ3n) is 4.74. The predicted molar refractivity (Wildman–Crippen MR) is 110 cm³/mol. The first kappa shape index (κ1) is 22.8. The third kappa shape index (κ3) is 4.91. The first-order chi connectivity index (χ1) is 12.8. The molecule has 4 unspecified atom stereocenters. The van der Waals surface area contributed by atoms with Crippen LogP contribution in [-0.4, -0.2) is 44.2 Å². The van der Waals surface area contributed by atoms with Crippen molar-refractivity contribution in [2.24, 2.45) is 0 Å². The number of benzene rings is 1. The van der Waals surface area contributed by atoms with Gasteiger partial charge >= 0.3 is 7.60 Å². The Hall–Kier alpha value is -0.530. The summed E-state index contributed by atoms with van der Waals surface area (Å²) in [4.78, 5) is -1.04. The van der Waals surface area contributed by atoms with Crippen molar-refractivity contribution in [2.75, 3.05) is 25.7 Å². The Morgan fingerprint density at radius 3 is 2.07 bits per heavy atom. The van der Waals surface area contributed by atoms with E-state index in [0.29, 0.717) is 0 Å². The van der Waals surface area contributed by atoms with Crippen molar-refractivity contribution < 1.29 is 27.1 Å². The van der Waals surface area contributed by atoms with Crippen molar-refractivity contribution in [1.29, 1.82) is 0 Å². The lowest BCUT2D eigenvalue weighted by molar-refractivity contribution is 0.217. The summed E-state index contributed by atoms with van der Waals surface area (Å²) in [5.74, 6) is 0.223. The molecule has 154 valence electrons. The smallest absolute Gasteiger partial charge is 0.347 e. The SMILES string of the molecule is CCOP(=O)(OCC)C(C(c1ccc(O)c2c1CCCC2)S(C)=O)S(C)=O. The largest absolute Gasteiger partial charge is 0.508 e. The van der Waals surface area contributed by atoms with E-state index in [-0.39, 0.29) is 19.0 Å². The molecule has 0 fully saturated rings. The number of hydrogen-bond donors (Lipinski definition) is 1. The van der Waals surface area contributed by atoms with E-state index in [2.05, 4.69) is 0 Å². The number of phenolic OH excluding ortho intramolecular Hbond substituents is 1. The Bertz CT molecular complexity index is 756. The van der Waals surface area contributed by atoms with E-state index in [1.54, 1.807) is 26.0 Å². The first-order valence-corrected chi connectivity index (χ1v) is 14.0. The zero-order chi connectivity index (χ0) is 20.2. The fraction of sp³-hybridized carbons (Fsp3) is 0.667.